The van der Waals surface area contributed by atoms with Gasteiger partial charge in [-0.1, -0.05) is 6.08 Å². The molecular formula is C11H13NO2S. The lowest BCUT2D eigenvalue weighted by atomic mass is 10.3. The van der Waals surface area contributed by atoms with Crippen molar-refractivity contribution in [1.29, 1.82) is 0 Å². The molecule has 3 nitrogen and oxygen atoms in total. The van der Waals surface area contributed by atoms with Gasteiger partial charge in [-0.15, -0.1) is 18.3 Å². The minimum Gasteiger partial charge on any atom is -0.478 e. The van der Waals surface area contributed by atoms with Crippen molar-refractivity contribution in [2.75, 3.05) is 5.75 Å². The number of pyridine rings is 1. The number of carboxylic acids is 1. The van der Waals surface area contributed by atoms with Crippen molar-refractivity contribution in [1.82, 2.24) is 4.98 Å². The third kappa shape index (κ3) is 3.75. The van der Waals surface area contributed by atoms with Crippen LogP contribution in [0.3, 0.4) is 0 Å². The smallest absolute Gasteiger partial charge is 0.338 e. The van der Waals surface area contributed by atoms with Crippen LogP contribution in [0, 0.1) is 0 Å². The topological polar surface area (TPSA) is 50.2 Å². The minimum atomic E-state index is -0.922. The molecule has 0 amide bonds. The molecule has 0 saturated heterocycles. The molecule has 1 N–H and O–H groups in total. The fourth-order valence-electron chi connectivity index (χ4n) is 1.07. The Bertz CT molecular complexity index is 352. The van der Waals surface area contributed by atoms with Crippen molar-refractivity contribution in [3.05, 3.63) is 36.5 Å². The van der Waals surface area contributed by atoms with Gasteiger partial charge >= 0.3 is 5.97 Å². The van der Waals surface area contributed by atoms with E-state index in [-0.39, 0.29) is 5.56 Å². The molecule has 0 fully saturated rings. The summed E-state index contributed by atoms with van der Waals surface area (Å²) in [5.41, 5.74) is 0.279. The van der Waals surface area contributed by atoms with E-state index in [1.54, 1.807) is 18.3 Å². The maximum absolute atomic E-state index is 10.8. The van der Waals surface area contributed by atoms with Crippen LogP contribution in [0.4, 0.5) is 0 Å². The molecule has 0 spiro atoms. The number of allylic oxidation sites excluding steroid dienone is 1. The largest absolute Gasteiger partial charge is 0.478 e. The van der Waals surface area contributed by atoms with Crippen LogP contribution in [0.1, 0.15) is 23.2 Å². The van der Waals surface area contributed by atoms with E-state index in [2.05, 4.69) is 11.6 Å². The van der Waals surface area contributed by atoms with E-state index in [9.17, 15) is 4.79 Å². The molecule has 1 aromatic heterocycles. The molecule has 1 aromatic rings. The van der Waals surface area contributed by atoms with Gasteiger partial charge in [0.25, 0.3) is 0 Å². The molecule has 0 saturated carbocycles. The first-order valence-corrected chi connectivity index (χ1v) is 5.66. The quantitative estimate of drug-likeness (QED) is 0.457. The van der Waals surface area contributed by atoms with E-state index in [0.717, 1.165) is 18.6 Å². The molecule has 1 rings (SSSR count). The number of unbranched alkanes of at least 4 members (excludes halogenated alkanes) is 1. The number of hydrogen-bond acceptors (Lipinski definition) is 3. The van der Waals surface area contributed by atoms with E-state index >= 15 is 0 Å². The Kier molecular flexibility index (Phi) is 4.90. The third-order valence-corrected chi connectivity index (χ3v) is 2.88. The maximum atomic E-state index is 10.8. The van der Waals surface area contributed by atoms with Crippen molar-refractivity contribution >= 4 is 17.7 Å². The molecular weight excluding hydrogens is 210 g/mol. The van der Waals surface area contributed by atoms with Crippen molar-refractivity contribution < 1.29 is 9.90 Å². The van der Waals surface area contributed by atoms with Gasteiger partial charge in [0.15, 0.2) is 0 Å². The van der Waals surface area contributed by atoms with Crippen LogP contribution in [0.25, 0.3) is 0 Å². The summed E-state index contributed by atoms with van der Waals surface area (Å²) in [4.78, 5) is 14.9. The van der Waals surface area contributed by atoms with Gasteiger partial charge in [0.05, 0.1) is 5.56 Å². The first-order valence-electron chi connectivity index (χ1n) is 4.67. The van der Waals surface area contributed by atoms with Crippen LogP contribution < -0.4 is 0 Å². The van der Waals surface area contributed by atoms with Gasteiger partial charge in [-0.3, -0.25) is 0 Å². The summed E-state index contributed by atoms with van der Waals surface area (Å²) in [6.45, 7) is 3.63. The summed E-state index contributed by atoms with van der Waals surface area (Å²) in [5.74, 6) is -0.0575. The fraction of sp³-hybridized carbons (Fsp3) is 0.273. The summed E-state index contributed by atoms with van der Waals surface area (Å²) in [6.07, 6.45) is 5.41. The molecule has 1 heterocycles. The summed E-state index contributed by atoms with van der Waals surface area (Å²) >= 11 is 1.48. The van der Waals surface area contributed by atoms with Crippen LogP contribution in [0.5, 0.6) is 0 Å². The number of rotatable bonds is 6. The monoisotopic (exact) mass is 223 g/mol. The van der Waals surface area contributed by atoms with Crippen LogP contribution in [0.2, 0.25) is 0 Å². The molecule has 0 aliphatic heterocycles. The Balaban J connectivity index is 2.59. The van der Waals surface area contributed by atoms with Gasteiger partial charge in [0.1, 0.15) is 5.03 Å². The summed E-state index contributed by atoms with van der Waals surface area (Å²) in [7, 11) is 0. The normalized spacial score (nSPS) is 9.87. The molecule has 15 heavy (non-hydrogen) atoms. The highest BCUT2D eigenvalue weighted by molar-refractivity contribution is 7.99. The molecule has 0 aromatic carbocycles. The van der Waals surface area contributed by atoms with Gasteiger partial charge in [0.2, 0.25) is 0 Å². The summed E-state index contributed by atoms with van der Waals surface area (Å²) < 4.78 is 0. The van der Waals surface area contributed by atoms with Gasteiger partial charge < -0.3 is 5.11 Å². The van der Waals surface area contributed by atoms with Crippen LogP contribution in [-0.4, -0.2) is 21.8 Å². The predicted octanol–water partition coefficient (Wildman–Crippen LogP) is 2.84. The number of carboxylic acid groups (broad SMARTS) is 1. The number of aromatic carboxylic acids is 1. The van der Waals surface area contributed by atoms with E-state index in [0.29, 0.717) is 5.03 Å². The highest BCUT2D eigenvalue weighted by atomic mass is 32.2. The molecule has 0 atom stereocenters. The van der Waals surface area contributed by atoms with E-state index in [1.165, 1.54) is 11.8 Å². The Morgan fingerprint density at radius 1 is 1.67 bits per heavy atom. The maximum Gasteiger partial charge on any atom is 0.338 e. The Morgan fingerprint density at radius 2 is 2.47 bits per heavy atom. The van der Waals surface area contributed by atoms with Crippen LogP contribution >= 0.6 is 11.8 Å². The van der Waals surface area contributed by atoms with Gasteiger partial charge in [-0.05, 0) is 30.7 Å². The van der Waals surface area contributed by atoms with E-state index in [4.69, 9.17) is 5.11 Å². The molecule has 0 aliphatic carbocycles. The number of aromatic nitrogens is 1. The number of nitrogens with zero attached hydrogens (tertiary/aromatic N) is 1. The average molecular weight is 223 g/mol. The number of hydrogen-bond donors (Lipinski definition) is 1. The zero-order valence-corrected chi connectivity index (χ0v) is 9.17. The molecule has 0 unspecified atom stereocenters. The molecule has 0 aliphatic rings. The number of carbonyl (C=O) groups is 1. The highest BCUT2D eigenvalue weighted by Crippen LogP contribution is 2.20. The fourth-order valence-corrected chi connectivity index (χ4v) is 2.02. The second-order valence-corrected chi connectivity index (χ2v) is 4.02. The second-order valence-electron chi connectivity index (χ2n) is 2.94. The standard InChI is InChI=1S/C11H13NO2S/c1-2-3-4-8-15-10-9(11(13)14)6-5-7-12-10/h2,5-7H,1,3-4,8H2,(H,13,14). The molecule has 0 bridgehead atoms. The van der Waals surface area contributed by atoms with Crippen molar-refractivity contribution in [2.45, 2.75) is 17.9 Å². The van der Waals surface area contributed by atoms with Gasteiger partial charge in [-0.2, -0.15) is 0 Å². The lowest BCUT2D eigenvalue weighted by Gasteiger charge is -2.02. The number of thioether (sulfide) groups is 1. The highest BCUT2D eigenvalue weighted by Gasteiger charge is 2.09. The lowest BCUT2D eigenvalue weighted by molar-refractivity contribution is 0.0692. The first-order chi connectivity index (χ1) is 7.25. The third-order valence-electron chi connectivity index (χ3n) is 1.79. The summed E-state index contributed by atoms with van der Waals surface area (Å²) in [5, 5.41) is 9.49. The van der Waals surface area contributed by atoms with Crippen molar-refractivity contribution in [3.8, 4) is 0 Å². The average Bonchev–Trinajstić information content (AvgIpc) is 2.25. The predicted molar refractivity (Wildman–Crippen MR) is 61.4 cm³/mol. The van der Waals surface area contributed by atoms with Crippen LogP contribution in [0.15, 0.2) is 36.0 Å². The Hall–Kier alpha value is -1.29. The summed E-state index contributed by atoms with van der Waals surface area (Å²) in [6, 6.07) is 3.21. The zero-order chi connectivity index (χ0) is 11.1. The van der Waals surface area contributed by atoms with Crippen molar-refractivity contribution in [2.24, 2.45) is 0 Å². The zero-order valence-electron chi connectivity index (χ0n) is 8.35. The van der Waals surface area contributed by atoms with Gasteiger partial charge in [-0.25, -0.2) is 9.78 Å². The molecule has 0 radical (unpaired) electrons. The Morgan fingerprint density at radius 3 is 3.13 bits per heavy atom. The first kappa shape index (κ1) is 11.8. The molecule has 4 heteroatoms. The van der Waals surface area contributed by atoms with Gasteiger partial charge in [0, 0.05) is 6.20 Å². The Labute approximate surface area is 93.2 Å². The minimum absolute atomic E-state index is 0.279. The SMILES string of the molecule is C=CCCCSc1ncccc1C(=O)O. The van der Waals surface area contributed by atoms with Crippen molar-refractivity contribution in [3.63, 3.8) is 0 Å². The second kappa shape index (κ2) is 6.24. The molecule has 80 valence electrons. The lowest BCUT2D eigenvalue weighted by Crippen LogP contribution is -2.00. The van der Waals surface area contributed by atoms with E-state index < -0.39 is 5.97 Å². The van der Waals surface area contributed by atoms with Crippen LogP contribution in [-0.2, 0) is 0 Å². The van der Waals surface area contributed by atoms with E-state index in [1.807, 2.05) is 6.08 Å².